The van der Waals surface area contributed by atoms with Crippen molar-refractivity contribution in [2.75, 3.05) is 0 Å². The van der Waals surface area contributed by atoms with Gasteiger partial charge in [-0.25, -0.2) is 0 Å². The van der Waals surface area contributed by atoms with Crippen LogP contribution in [0, 0.1) is 0 Å². The van der Waals surface area contributed by atoms with Crippen LogP contribution in [0.15, 0.2) is 35.6 Å². The van der Waals surface area contributed by atoms with Crippen molar-refractivity contribution in [3.8, 4) is 0 Å². The highest BCUT2D eigenvalue weighted by Gasteiger charge is 2.39. The highest BCUT2D eigenvalue weighted by molar-refractivity contribution is 7.86. The molecule has 0 saturated heterocycles. The maximum atomic E-state index is 11.6. The Kier molecular flexibility index (Phi) is 2.47. The van der Waals surface area contributed by atoms with E-state index in [0.29, 0.717) is 11.1 Å². The molecule has 0 aromatic heterocycles. The van der Waals surface area contributed by atoms with E-state index in [4.69, 9.17) is 4.55 Å². The third kappa shape index (κ3) is 1.70. The average Bonchev–Trinajstić information content (AvgIpc) is 2.15. The Hall–Kier alpha value is -1.40. The van der Waals surface area contributed by atoms with Crippen molar-refractivity contribution in [1.29, 1.82) is 0 Å². The van der Waals surface area contributed by atoms with E-state index in [1.165, 1.54) is 13.0 Å². The molecule has 2 unspecified atom stereocenters. The number of hydrogen-bond donors (Lipinski definition) is 2. The van der Waals surface area contributed by atoms with Gasteiger partial charge >= 0.3 is 0 Å². The molecule has 5 nitrogen and oxygen atoms in total. The molecule has 2 N–H and O–H groups in total. The van der Waals surface area contributed by atoms with E-state index in [9.17, 15) is 13.2 Å². The summed E-state index contributed by atoms with van der Waals surface area (Å²) in [7, 11) is -4.23. The van der Waals surface area contributed by atoms with Gasteiger partial charge in [-0.15, -0.1) is 0 Å². The molecule has 1 aliphatic heterocycles. The van der Waals surface area contributed by atoms with Crippen LogP contribution in [-0.2, 0) is 14.9 Å². The molecule has 0 fully saturated rings. The van der Waals surface area contributed by atoms with Crippen LogP contribution in [0.2, 0.25) is 0 Å². The molecule has 86 valence electrons. The number of allylic oxidation sites excluding steroid dienone is 2. The molecule has 0 saturated carbocycles. The summed E-state index contributed by atoms with van der Waals surface area (Å²) >= 11 is 0. The van der Waals surface area contributed by atoms with E-state index in [2.05, 4.69) is 5.32 Å². The van der Waals surface area contributed by atoms with Crippen molar-refractivity contribution < 1.29 is 17.8 Å². The van der Waals surface area contributed by atoms with Crippen LogP contribution in [0.3, 0.4) is 0 Å². The van der Waals surface area contributed by atoms with Crippen LogP contribution in [0.5, 0.6) is 0 Å². The Morgan fingerprint density at radius 3 is 2.75 bits per heavy atom. The third-order valence-electron chi connectivity index (χ3n) is 2.65. The molecule has 0 spiro atoms. The highest BCUT2D eigenvalue weighted by Crippen LogP contribution is 2.29. The number of fused-ring (bicyclic) bond motifs is 1. The first kappa shape index (κ1) is 11.1. The van der Waals surface area contributed by atoms with Crippen LogP contribution in [0.4, 0.5) is 0 Å². The molecule has 1 aliphatic carbocycles. The lowest BCUT2D eigenvalue weighted by Gasteiger charge is -2.30. The Balaban J connectivity index is 2.59. The summed E-state index contributed by atoms with van der Waals surface area (Å²) in [5.41, 5.74) is 0.710. The topological polar surface area (TPSA) is 83.5 Å². The Morgan fingerprint density at radius 1 is 1.44 bits per heavy atom. The maximum absolute atomic E-state index is 11.6. The summed E-state index contributed by atoms with van der Waals surface area (Å²) in [5.74, 6) is -0.201. The fourth-order valence-electron chi connectivity index (χ4n) is 2.04. The van der Waals surface area contributed by atoms with Crippen LogP contribution in [-0.4, -0.2) is 30.0 Å². The zero-order chi connectivity index (χ0) is 11.9. The molecule has 0 aromatic rings. The number of carbonyl (C=O) groups excluding carboxylic acids is 1. The van der Waals surface area contributed by atoms with Gasteiger partial charge in [-0.2, -0.15) is 8.42 Å². The summed E-state index contributed by atoms with van der Waals surface area (Å²) in [6, 6.07) is -0.680. The largest absolute Gasteiger partial charge is 0.378 e. The molecular formula is C10H11NO4S. The number of hydrogen-bond acceptors (Lipinski definition) is 4. The second-order valence-corrected chi connectivity index (χ2v) is 5.31. The fourth-order valence-corrected chi connectivity index (χ4v) is 3.14. The minimum absolute atomic E-state index is 0.201. The summed E-state index contributed by atoms with van der Waals surface area (Å²) in [6.45, 7) is 1.52. The number of ketones is 1. The zero-order valence-electron chi connectivity index (χ0n) is 8.54. The number of rotatable bonds is 1. The van der Waals surface area contributed by atoms with Gasteiger partial charge in [0.15, 0.2) is 5.78 Å². The van der Waals surface area contributed by atoms with Gasteiger partial charge in [-0.1, -0.05) is 6.08 Å². The third-order valence-corrected chi connectivity index (χ3v) is 3.89. The van der Waals surface area contributed by atoms with Crippen LogP contribution < -0.4 is 5.32 Å². The molecule has 0 radical (unpaired) electrons. The number of carbonyl (C=O) groups is 1. The van der Waals surface area contributed by atoms with E-state index in [1.54, 1.807) is 18.4 Å². The van der Waals surface area contributed by atoms with Crippen molar-refractivity contribution in [2.24, 2.45) is 0 Å². The van der Waals surface area contributed by atoms with E-state index in [1.807, 2.05) is 0 Å². The molecule has 16 heavy (non-hydrogen) atoms. The van der Waals surface area contributed by atoms with Crippen LogP contribution in [0.25, 0.3) is 0 Å². The lowest BCUT2D eigenvalue weighted by atomic mass is 9.88. The van der Waals surface area contributed by atoms with Crippen LogP contribution >= 0.6 is 0 Å². The predicted molar refractivity (Wildman–Crippen MR) is 58.2 cm³/mol. The Bertz CT molecular complexity index is 527. The molecule has 0 bridgehead atoms. The first-order valence-corrected chi connectivity index (χ1v) is 6.22. The van der Waals surface area contributed by atoms with Crippen molar-refractivity contribution >= 4 is 15.9 Å². The summed E-state index contributed by atoms with van der Waals surface area (Å²) in [5, 5.41) is 1.66. The molecule has 1 heterocycles. The van der Waals surface area contributed by atoms with Gasteiger partial charge in [0.1, 0.15) is 11.3 Å². The van der Waals surface area contributed by atoms with Gasteiger partial charge in [0.2, 0.25) is 0 Å². The molecular weight excluding hydrogens is 230 g/mol. The molecule has 2 aliphatic rings. The summed E-state index contributed by atoms with van der Waals surface area (Å²) in [6.07, 6.45) is 5.98. The summed E-state index contributed by atoms with van der Waals surface area (Å²) in [4.78, 5) is 11.6. The smallest absolute Gasteiger partial charge is 0.275 e. The number of dihydropyridines is 1. The van der Waals surface area contributed by atoms with E-state index in [-0.39, 0.29) is 5.78 Å². The SMILES string of the molecule is CC1=CC(=O)C2NC=CC=C2C1S(=O)(=O)O. The fraction of sp³-hybridized carbons (Fsp3) is 0.300. The first-order chi connectivity index (χ1) is 7.41. The normalized spacial score (nSPS) is 29.0. The minimum atomic E-state index is -4.23. The van der Waals surface area contributed by atoms with Crippen LogP contribution in [0.1, 0.15) is 6.92 Å². The van der Waals surface area contributed by atoms with Gasteiger partial charge in [0, 0.05) is 0 Å². The molecule has 0 aromatic carbocycles. The molecule has 2 atom stereocenters. The Morgan fingerprint density at radius 2 is 2.12 bits per heavy atom. The lowest BCUT2D eigenvalue weighted by Crippen LogP contribution is -2.45. The quantitative estimate of drug-likeness (QED) is 0.640. The van der Waals surface area contributed by atoms with E-state index in [0.717, 1.165) is 0 Å². The first-order valence-electron chi connectivity index (χ1n) is 4.72. The summed E-state index contributed by atoms with van der Waals surface area (Å²) < 4.78 is 31.7. The molecule has 6 heteroatoms. The van der Waals surface area contributed by atoms with Gasteiger partial charge in [0.25, 0.3) is 10.1 Å². The highest BCUT2D eigenvalue weighted by atomic mass is 32.2. The number of nitrogens with one attached hydrogen (secondary N) is 1. The monoisotopic (exact) mass is 241 g/mol. The predicted octanol–water partition coefficient (Wildman–Crippen LogP) is 0.184. The average molecular weight is 241 g/mol. The van der Waals surface area contributed by atoms with Gasteiger partial charge in [0.05, 0.1) is 0 Å². The minimum Gasteiger partial charge on any atom is -0.378 e. The van der Waals surface area contributed by atoms with E-state index < -0.39 is 21.4 Å². The van der Waals surface area contributed by atoms with Crippen molar-refractivity contribution in [2.45, 2.75) is 18.2 Å². The van der Waals surface area contributed by atoms with Crippen molar-refractivity contribution in [3.63, 3.8) is 0 Å². The standard InChI is InChI=1S/C10H11NO4S/c1-6-5-8(12)9-7(3-2-4-11-9)10(6)16(13,14)15/h2-5,9-11H,1H3,(H,13,14,15). The van der Waals surface area contributed by atoms with Crippen molar-refractivity contribution in [3.05, 3.63) is 35.6 Å². The van der Waals surface area contributed by atoms with Gasteiger partial charge in [-0.05, 0) is 36.4 Å². The van der Waals surface area contributed by atoms with Gasteiger partial charge in [-0.3, -0.25) is 9.35 Å². The molecule has 0 amide bonds. The van der Waals surface area contributed by atoms with E-state index >= 15 is 0 Å². The van der Waals surface area contributed by atoms with Gasteiger partial charge < -0.3 is 5.32 Å². The lowest BCUT2D eigenvalue weighted by molar-refractivity contribution is -0.115. The Labute approximate surface area is 93.3 Å². The maximum Gasteiger partial charge on any atom is 0.275 e. The second-order valence-electron chi connectivity index (χ2n) is 3.81. The van der Waals surface area contributed by atoms with Crippen molar-refractivity contribution in [1.82, 2.24) is 5.32 Å². The second kappa shape index (κ2) is 3.57. The molecule has 2 rings (SSSR count). The zero-order valence-corrected chi connectivity index (χ0v) is 9.36.